The number of rotatable bonds is 6. The average molecular weight is 360 g/mol. The van der Waals surface area contributed by atoms with E-state index in [4.69, 9.17) is 0 Å². The van der Waals surface area contributed by atoms with Crippen LogP contribution in [0.15, 0.2) is 66.7 Å². The first-order valence-corrected chi connectivity index (χ1v) is 8.66. The van der Waals surface area contributed by atoms with Gasteiger partial charge in [0.25, 0.3) is 0 Å². The third-order valence-corrected chi connectivity index (χ3v) is 4.54. The second-order valence-corrected chi connectivity index (χ2v) is 6.60. The second-order valence-electron chi connectivity index (χ2n) is 6.60. The highest BCUT2D eigenvalue weighted by atomic mass is 16.4. The molecule has 0 aliphatic heterocycles. The zero-order valence-corrected chi connectivity index (χ0v) is 15.0. The van der Waals surface area contributed by atoms with E-state index in [1.165, 1.54) is 6.07 Å². The van der Waals surface area contributed by atoms with E-state index >= 15 is 0 Å². The Morgan fingerprint density at radius 1 is 0.704 bits per heavy atom. The van der Waals surface area contributed by atoms with Gasteiger partial charge in [-0.25, -0.2) is 9.59 Å². The van der Waals surface area contributed by atoms with Gasteiger partial charge >= 0.3 is 11.9 Å². The Bertz CT molecular complexity index is 973. The van der Waals surface area contributed by atoms with Gasteiger partial charge in [0.05, 0.1) is 11.1 Å². The van der Waals surface area contributed by atoms with E-state index in [-0.39, 0.29) is 11.1 Å². The lowest BCUT2D eigenvalue weighted by atomic mass is 9.91. The van der Waals surface area contributed by atoms with Crippen molar-refractivity contribution in [3.63, 3.8) is 0 Å². The van der Waals surface area contributed by atoms with E-state index in [0.29, 0.717) is 24.0 Å². The maximum Gasteiger partial charge on any atom is 0.336 e. The highest BCUT2D eigenvalue weighted by molar-refractivity contribution is 5.96. The summed E-state index contributed by atoms with van der Waals surface area (Å²) >= 11 is 0. The molecule has 0 unspecified atom stereocenters. The van der Waals surface area contributed by atoms with Gasteiger partial charge in [0.2, 0.25) is 0 Å². The minimum absolute atomic E-state index is 0.0314. The highest BCUT2D eigenvalue weighted by Gasteiger charge is 2.19. The Morgan fingerprint density at radius 2 is 1.19 bits per heavy atom. The molecule has 0 aliphatic rings. The molecule has 4 nitrogen and oxygen atoms in total. The van der Waals surface area contributed by atoms with Crippen LogP contribution in [-0.4, -0.2) is 22.2 Å². The summed E-state index contributed by atoms with van der Waals surface area (Å²) in [6.45, 7) is 1.99. The first-order chi connectivity index (χ1) is 12.9. The largest absolute Gasteiger partial charge is 0.478 e. The molecule has 0 saturated carbocycles. The second kappa shape index (κ2) is 7.87. The summed E-state index contributed by atoms with van der Waals surface area (Å²) in [4.78, 5) is 23.4. The molecule has 3 aromatic carbocycles. The smallest absolute Gasteiger partial charge is 0.336 e. The van der Waals surface area contributed by atoms with Crippen LogP contribution >= 0.6 is 0 Å². The van der Waals surface area contributed by atoms with Crippen LogP contribution < -0.4 is 0 Å². The van der Waals surface area contributed by atoms with E-state index in [2.05, 4.69) is 0 Å². The van der Waals surface area contributed by atoms with E-state index in [9.17, 15) is 19.8 Å². The van der Waals surface area contributed by atoms with E-state index in [0.717, 1.165) is 16.7 Å². The van der Waals surface area contributed by atoms with Crippen molar-refractivity contribution in [2.75, 3.05) is 0 Å². The predicted octanol–water partition coefficient (Wildman–Crippen LogP) is 4.57. The zero-order chi connectivity index (χ0) is 19.4. The molecule has 0 radical (unpaired) electrons. The van der Waals surface area contributed by atoms with Crippen molar-refractivity contribution in [1.29, 1.82) is 0 Å². The Balaban J connectivity index is 2.07. The van der Waals surface area contributed by atoms with Gasteiger partial charge in [-0.3, -0.25) is 0 Å². The van der Waals surface area contributed by atoms with Crippen LogP contribution in [-0.2, 0) is 12.8 Å². The van der Waals surface area contributed by atoms with Gasteiger partial charge in [-0.2, -0.15) is 0 Å². The molecule has 2 N–H and O–H groups in total. The number of carboxylic acid groups (broad SMARTS) is 2. The van der Waals surface area contributed by atoms with Crippen LogP contribution in [0.25, 0.3) is 0 Å². The monoisotopic (exact) mass is 360 g/mol. The van der Waals surface area contributed by atoms with Crippen molar-refractivity contribution in [1.82, 2.24) is 0 Å². The number of aromatic carboxylic acids is 2. The molecule has 0 saturated heterocycles. The first-order valence-electron chi connectivity index (χ1n) is 8.66. The summed E-state index contributed by atoms with van der Waals surface area (Å²) < 4.78 is 0. The molecule has 4 heteroatoms. The van der Waals surface area contributed by atoms with Gasteiger partial charge in [0.1, 0.15) is 0 Å². The Labute approximate surface area is 157 Å². The number of aryl methyl sites for hydroxylation is 1. The molecule has 0 aliphatic carbocycles. The molecule has 0 atom stereocenters. The molecule has 0 bridgehead atoms. The van der Waals surface area contributed by atoms with Crippen LogP contribution in [0.3, 0.4) is 0 Å². The van der Waals surface area contributed by atoms with Crippen LogP contribution in [0, 0.1) is 6.92 Å². The molecule has 0 spiro atoms. The minimum atomic E-state index is -1.12. The Hall–Kier alpha value is -3.40. The lowest BCUT2D eigenvalue weighted by molar-refractivity contribution is 0.0695. The molecule has 0 fully saturated rings. The fraction of sp³-hybridized carbons (Fsp3) is 0.130. The van der Waals surface area contributed by atoms with Gasteiger partial charge in [0.15, 0.2) is 0 Å². The zero-order valence-electron chi connectivity index (χ0n) is 15.0. The normalized spacial score (nSPS) is 10.6. The van der Waals surface area contributed by atoms with E-state index in [1.54, 1.807) is 6.07 Å². The quantitative estimate of drug-likeness (QED) is 0.675. The van der Waals surface area contributed by atoms with Crippen molar-refractivity contribution >= 4 is 11.9 Å². The summed E-state index contributed by atoms with van der Waals surface area (Å²) in [5.74, 6) is -2.24. The molecule has 27 heavy (non-hydrogen) atoms. The van der Waals surface area contributed by atoms with Gasteiger partial charge in [-0.05, 0) is 48.1 Å². The van der Waals surface area contributed by atoms with Gasteiger partial charge < -0.3 is 10.2 Å². The van der Waals surface area contributed by atoms with Crippen LogP contribution in [0.2, 0.25) is 0 Å². The molecular weight excluding hydrogens is 340 g/mol. The van der Waals surface area contributed by atoms with Crippen LogP contribution in [0.5, 0.6) is 0 Å². The third kappa shape index (κ3) is 4.42. The van der Waals surface area contributed by atoms with E-state index < -0.39 is 11.9 Å². The number of carboxylic acids is 2. The summed E-state index contributed by atoms with van der Waals surface area (Å²) in [7, 11) is 0. The third-order valence-electron chi connectivity index (χ3n) is 4.54. The van der Waals surface area contributed by atoms with Crippen LogP contribution in [0.4, 0.5) is 0 Å². The molecule has 3 rings (SSSR count). The van der Waals surface area contributed by atoms with E-state index in [1.807, 2.05) is 61.5 Å². The maximum atomic E-state index is 11.7. The molecule has 136 valence electrons. The first kappa shape index (κ1) is 18.4. The van der Waals surface area contributed by atoms with Crippen molar-refractivity contribution in [3.8, 4) is 0 Å². The highest BCUT2D eigenvalue weighted by Crippen LogP contribution is 2.23. The predicted molar refractivity (Wildman–Crippen MR) is 104 cm³/mol. The summed E-state index contributed by atoms with van der Waals surface area (Å²) in [6, 6.07) is 20.4. The summed E-state index contributed by atoms with van der Waals surface area (Å²) in [5, 5.41) is 19.1. The minimum Gasteiger partial charge on any atom is -0.478 e. The summed E-state index contributed by atoms with van der Waals surface area (Å²) in [6.07, 6.45) is 0.868. The van der Waals surface area contributed by atoms with Crippen molar-refractivity contribution < 1.29 is 19.8 Å². The topological polar surface area (TPSA) is 74.6 Å². The van der Waals surface area contributed by atoms with Gasteiger partial charge in [0, 0.05) is 0 Å². The van der Waals surface area contributed by atoms with Gasteiger partial charge in [-0.1, -0.05) is 66.2 Å². The van der Waals surface area contributed by atoms with Crippen molar-refractivity contribution in [3.05, 3.63) is 106 Å². The lowest BCUT2D eigenvalue weighted by Gasteiger charge is -2.13. The Kier molecular flexibility index (Phi) is 5.36. The fourth-order valence-electron chi connectivity index (χ4n) is 3.13. The number of carbonyl (C=O) groups is 2. The van der Waals surface area contributed by atoms with Gasteiger partial charge in [-0.15, -0.1) is 0 Å². The maximum absolute atomic E-state index is 11.7. The average Bonchev–Trinajstić information content (AvgIpc) is 2.64. The standard InChI is InChI=1S/C23H20O4/c1-15-7-9-17(10-8-15)12-19-13-18(11-16-5-3-2-4-6-16)20(22(24)25)14-21(19)23(26)27/h2-10,13-14H,11-12H2,1H3,(H,24,25)(H,26,27). The molecular formula is C23H20O4. The SMILES string of the molecule is Cc1ccc(Cc2cc(Cc3ccccc3)c(C(=O)O)cc2C(=O)O)cc1. The van der Waals surface area contributed by atoms with Crippen LogP contribution in [0.1, 0.15) is 48.5 Å². The molecule has 3 aromatic rings. The Morgan fingerprint density at radius 3 is 1.67 bits per heavy atom. The molecule has 0 aromatic heterocycles. The summed E-state index contributed by atoms with van der Waals surface area (Å²) in [5.41, 5.74) is 4.38. The number of hydrogen-bond donors (Lipinski definition) is 2. The number of hydrogen-bond acceptors (Lipinski definition) is 2. The molecule has 0 heterocycles. The number of benzene rings is 3. The molecule has 0 amide bonds. The van der Waals surface area contributed by atoms with Crippen molar-refractivity contribution in [2.24, 2.45) is 0 Å². The lowest BCUT2D eigenvalue weighted by Crippen LogP contribution is -2.11. The van der Waals surface area contributed by atoms with Crippen molar-refractivity contribution in [2.45, 2.75) is 19.8 Å². The fourth-order valence-corrected chi connectivity index (χ4v) is 3.13.